The fourth-order valence-electron chi connectivity index (χ4n) is 3.34. The first kappa shape index (κ1) is 21.6. The molecule has 28 heavy (non-hydrogen) atoms. The Balaban J connectivity index is 0.00000280. The lowest BCUT2D eigenvalue weighted by Crippen LogP contribution is -2.19. The van der Waals surface area contributed by atoms with Crippen LogP contribution in [-0.2, 0) is 13.0 Å². The van der Waals surface area contributed by atoms with Gasteiger partial charge in [-0.15, -0.1) is 0 Å². The number of carboxylic acid groups (broad SMARTS) is 2. The van der Waals surface area contributed by atoms with E-state index in [4.69, 9.17) is 4.42 Å². The van der Waals surface area contributed by atoms with Crippen molar-refractivity contribution in [3.8, 4) is 0 Å². The van der Waals surface area contributed by atoms with Gasteiger partial charge in [0.25, 0.3) is 0 Å². The van der Waals surface area contributed by atoms with Crippen LogP contribution in [0.1, 0.15) is 46.9 Å². The Labute approximate surface area is 174 Å². The topological polar surface area (TPSA) is 127 Å². The first-order valence-electron chi connectivity index (χ1n) is 8.44. The molecule has 2 aromatic heterocycles. The number of aryl methyl sites for hydroxylation is 2. The van der Waals surface area contributed by atoms with Crippen molar-refractivity contribution in [3.63, 3.8) is 0 Å². The number of fused-ring (bicyclic) bond motifs is 2. The Kier molecular flexibility index (Phi) is 6.30. The van der Waals surface area contributed by atoms with Crippen LogP contribution in [0.2, 0.25) is 0 Å². The summed E-state index contributed by atoms with van der Waals surface area (Å²) in [7, 11) is 0. The molecule has 0 aliphatic heterocycles. The lowest BCUT2D eigenvalue weighted by Gasteiger charge is -2.17. The van der Waals surface area contributed by atoms with Crippen molar-refractivity contribution in [1.82, 2.24) is 4.57 Å². The van der Waals surface area contributed by atoms with Gasteiger partial charge in [0.1, 0.15) is 11.3 Å². The van der Waals surface area contributed by atoms with Gasteiger partial charge in [0.15, 0.2) is 10.9 Å². The third kappa shape index (κ3) is 3.42. The van der Waals surface area contributed by atoms with E-state index in [1.54, 1.807) is 6.92 Å². The second-order valence-corrected chi connectivity index (χ2v) is 6.10. The lowest BCUT2D eigenvalue weighted by molar-refractivity contribution is 0.0659. The van der Waals surface area contributed by atoms with Crippen molar-refractivity contribution in [2.75, 3.05) is 0 Å². The molecule has 0 fully saturated rings. The molecular formula is C19H19MgNO7. The third-order valence-corrected chi connectivity index (χ3v) is 4.43. The molecule has 0 saturated heterocycles. The smallest absolute Gasteiger partial charge is 0.371 e. The summed E-state index contributed by atoms with van der Waals surface area (Å²) in [6.07, 6.45) is 0.993. The highest BCUT2D eigenvalue weighted by molar-refractivity contribution is 6.01. The van der Waals surface area contributed by atoms with Gasteiger partial charge in [-0.1, -0.05) is 13.3 Å². The molecule has 0 atom stereocenters. The van der Waals surface area contributed by atoms with Crippen molar-refractivity contribution >= 4 is 56.9 Å². The first-order chi connectivity index (χ1) is 12.8. The summed E-state index contributed by atoms with van der Waals surface area (Å²) in [4.78, 5) is 47.9. The lowest BCUT2D eigenvalue weighted by atomic mass is 10.00. The van der Waals surface area contributed by atoms with Crippen LogP contribution in [0.3, 0.4) is 0 Å². The predicted molar refractivity (Wildman–Crippen MR) is 106 cm³/mol. The van der Waals surface area contributed by atoms with Crippen molar-refractivity contribution in [1.29, 1.82) is 0 Å². The average molecular weight is 398 g/mol. The predicted octanol–water partition coefficient (Wildman–Crippen LogP) is 1.56. The molecule has 2 N–H and O–H groups in total. The molecule has 0 unspecified atom stereocenters. The average Bonchev–Trinajstić information content (AvgIpc) is 2.62. The van der Waals surface area contributed by atoms with Crippen LogP contribution in [0.4, 0.5) is 0 Å². The highest BCUT2D eigenvalue weighted by Gasteiger charge is 2.21. The number of aromatic nitrogens is 1. The van der Waals surface area contributed by atoms with E-state index in [9.17, 15) is 29.4 Å². The molecule has 0 amide bonds. The summed E-state index contributed by atoms with van der Waals surface area (Å²) < 4.78 is 6.94. The third-order valence-electron chi connectivity index (χ3n) is 4.43. The van der Waals surface area contributed by atoms with Gasteiger partial charge in [-0.2, -0.15) is 0 Å². The summed E-state index contributed by atoms with van der Waals surface area (Å²) >= 11 is 0. The van der Waals surface area contributed by atoms with Crippen LogP contribution < -0.4 is 10.9 Å². The number of hydrogen-bond acceptors (Lipinski definition) is 5. The zero-order valence-electron chi connectivity index (χ0n) is 14.7. The van der Waals surface area contributed by atoms with Gasteiger partial charge in [-0.25, -0.2) is 9.59 Å². The number of pyridine rings is 1. The standard InChI is InChI=1S/C19H17NO7.Mg.2H/c1-3-5-9-16-10(13(21)7-12(18(23)24)20(16)4-2)6-11-14(22)8-15(19(25)26)27-17(9)11;;;/h6-8H,3-5H2,1-2H3,(H,23,24)(H,25,26);;;. The van der Waals surface area contributed by atoms with Crippen LogP contribution in [0, 0.1) is 0 Å². The van der Waals surface area contributed by atoms with Gasteiger partial charge in [0.2, 0.25) is 5.76 Å². The largest absolute Gasteiger partial charge is 0.477 e. The van der Waals surface area contributed by atoms with Crippen LogP contribution in [-0.4, -0.2) is 49.8 Å². The summed E-state index contributed by atoms with van der Waals surface area (Å²) in [6, 6.07) is 3.25. The summed E-state index contributed by atoms with van der Waals surface area (Å²) in [5.74, 6) is -3.15. The van der Waals surface area contributed by atoms with E-state index in [0.29, 0.717) is 23.9 Å². The normalized spacial score (nSPS) is 10.8. The second-order valence-electron chi connectivity index (χ2n) is 6.10. The van der Waals surface area contributed by atoms with E-state index in [0.717, 1.165) is 12.1 Å². The molecule has 0 spiro atoms. The van der Waals surface area contributed by atoms with Crippen molar-refractivity contribution in [2.24, 2.45) is 0 Å². The van der Waals surface area contributed by atoms with Crippen molar-refractivity contribution < 1.29 is 24.2 Å². The second kappa shape index (κ2) is 8.15. The minimum absolute atomic E-state index is 0. The molecule has 3 aromatic rings. The van der Waals surface area contributed by atoms with Gasteiger partial charge < -0.3 is 19.2 Å². The van der Waals surface area contributed by atoms with Crippen LogP contribution >= 0.6 is 0 Å². The minimum atomic E-state index is -1.39. The molecule has 2 heterocycles. The minimum Gasteiger partial charge on any atom is -0.477 e. The van der Waals surface area contributed by atoms with E-state index in [-0.39, 0.29) is 51.6 Å². The molecule has 8 nitrogen and oxygen atoms in total. The zero-order chi connectivity index (χ0) is 19.9. The highest BCUT2D eigenvalue weighted by Crippen LogP contribution is 2.28. The number of nitrogens with zero attached hydrogens (tertiary/aromatic N) is 1. The Hall–Kier alpha value is -2.65. The van der Waals surface area contributed by atoms with Gasteiger partial charge in [0.05, 0.1) is 10.9 Å². The molecule has 3 rings (SSSR count). The van der Waals surface area contributed by atoms with E-state index >= 15 is 0 Å². The molecule has 0 bridgehead atoms. The Morgan fingerprint density at radius 1 is 1.00 bits per heavy atom. The van der Waals surface area contributed by atoms with Crippen molar-refractivity contribution in [2.45, 2.75) is 33.2 Å². The summed E-state index contributed by atoms with van der Waals surface area (Å²) in [5.41, 5.74) is -0.401. The van der Waals surface area contributed by atoms with E-state index in [1.807, 2.05) is 6.92 Å². The zero-order valence-corrected chi connectivity index (χ0v) is 14.7. The number of hydrogen-bond donors (Lipinski definition) is 2. The monoisotopic (exact) mass is 397 g/mol. The fraction of sp³-hybridized carbons (Fsp3) is 0.263. The molecule has 0 aliphatic carbocycles. The van der Waals surface area contributed by atoms with Crippen molar-refractivity contribution in [3.05, 3.63) is 55.7 Å². The molecule has 0 aliphatic rings. The quantitative estimate of drug-likeness (QED) is 0.494. The number of aromatic carboxylic acids is 2. The Morgan fingerprint density at radius 2 is 1.64 bits per heavy atom. The molecule has 0 saturated carbocycles. The van der Waals surface area contributed by atoms with E-state index in [2.05, 4.69) is 0 Å². The van der Waals surface area contributed by atoms with Gasteiger partial charge in [-0.3, -0.25) is 9.59 Å². The maximum atomic E-state index is 12.6. The number of carbonyl (C=O) groups is 2. The number of carboxylic acids is 2. The first-order valence-corrected chi connectivity index (χ1v) is 8.44. The summed E-state index contributed by atoms with van der Waals surface area (Å²) in [6.45, 7) is 3.88. The Bertz CT molecular complexity index is 1220. The maximum absolute atomic E-state index is 12.6. The number of benzene rings is 1. The van der Waals surface area contributed by atoms with Crippen LogP contribution in [0.15, 0.2) is 32.2 Å². The maximum Gasteiger partial charge on any atom is 0.371 e. The molecular weight excluding hydrogens is 379 g/mol. The van der Waals surface area contributed by atoms with E-state index in [1.165, 1.54) is 10.6 Å². The molecule has 144 valence electrons. The molecule has 9 heteroatoms. The van der Waals surface area contributed by atoms with E-state index < -0.39 is 28.6 Å². The highest BCUT2D eigenvalue weighted by atomic mass is 24.3. The van der Waals surface area contributed by atoms with Crippen LogP contribution in [0.25, 0.3) is 21.9 Å². The SMILES string of the molecule is CCCc1c2oc(C(=O)O)cc(=O)c2cc2c(=O)cc(C(=O)O)n(CC)c12.[MgH2]. The Morgan fingerprint density at radius 3 is 2.18 bits per heavy atom. The van der Waals surface area contributed by atoms with Gasteiger partial charge >= 0.3 is 35.0 Å². The van der Waals surface area contributed by atoms with Gasteiger partial charge in [-0.05, 0) is 19.4 Å². The molecule has 1 aromatic carbocycles. The number of rotatable bonds is 5. The fourth-order valence-corrected chi connectivity index (χ4v) is 3.34. The molecule has 0 radical (unpaired) electrons. The van der Waals surface area contributed by atoms with Crippen LogP contribution in [0.5, 0.6) is 0 Å². The summed E-state index contributed by atoms with van der Waals surface area (Å²) in [5, 5.41) is 19.0. The van der Waals surface area contributed by atoms with Gasteiger partial charge in [0, 0.05) is 29.6 Å².